The number of pyridine rings is 1. The van der Waals surface area contributed by atoms with Gasteiger partial charge in [-0.2, -0.15) is 0 Å². The van der Waals surface area contributed by atoms with Crippen molar-refractivity contribution in [3.05, 3.63) is 30.1 Å². The van der Waals surface area contributed by atoms with Gasteiger partial charge in [0.05, 0.1) is 12.3 Å². The molecule has 1 aliphatic heterocycles. The summed E-state index contributed by atoms with van der Waals surface area (Å²) in [4.78, 5) is 4.35. The Kier molecular flexibility index (Phi) is 4.31. The molecule has 1 unspecified atom stereocenters. The summed E-state index contributed by atoms with van der Waals surface area (Å²) in [7, 11) is 0. The fraction of sp³-hybridized carbons (Fsp3) is 0.615. The number of rotatable bonds is 4. The molecular weight excluding hydrogens is 200 g/mol. The van der Waals surface area contributed by atoms with Crippen LogP contribution in [0, 0.1) is 5.92 Å². The second kappa shape index (κ2) is 5.97. The fourth-order valence-corrected chi connectivity index (χ4v) is 2.05. The van der Waals surface area contributed by atoms with E-state index in [-0.39, 0.29) is 0 Å². The maximum absolute atomic E-state index is 5.46. The monoisotopic (exact) mass is 220 g/mol. The third kappa shape index (κ3) is 3.29. The van der Waals surface area contributed by atoms with Crippen LogP contribution in [-0.4, -0.2) is 24.7 Å². The van der Waals surface area contributed by atoms with Crippen LogP contribution in [0.3, 0.4) is 0 Å². The van der Waals surface area contributed by atoms with Gasteiger partial charge in [-0.05, 0) is 37.8 Å². The summed E-state index contributed by atoms with van der Waals surface area (Å²) >= 11 is 0. The van der Waals surface area contributed by atoms with E-state index >= 15 is 0 Å². The first-order valence-corrected chi connectivity index (χ1v) is 6.08. The number of hydrogen-bond donors (Lipinski definition) is 1. The minimum Gasteiger partial charge on any atom is -0.381 e. The Balaban J connectivity index is 1.77. The molecule has 0 aliphatic carbocycles. The van der Waals surface area contributed by atoms with E-state index in [9.17, 15) is 0 Å². The van der Waals surface area contributed by atoms with Crippen LogP contribution in [0.4, 0.5) is 0 Å². The van der Waals surface area contributed by atoms with E-state index in [0.29, 0.717) is 12.0 Å². The highest BCUT2D eigenvalue weighted by Crippen LogP contribution is 2.14. The molecule has 2 rings (SSSR count). The first-order chi connectivity index (χ1) is 7.86. The lowest BCUT2D eigenvalue weighted by molar-refractivity contribution is 0.0539. The average Bonchev–Trinajstić information content (AvgIpc) is 2.38. The summed E-state index contributed by atoms with van der Waals surface area (Å²) in [6.45, 7) is 5.03. The standard InChI is InChI=1S/C13H20N2O/c1-11(13-6-2-3-7-14-13)15-9-12-5-4-8-16-10-12/h2-3,6-7,11-12,15H,4-5,8-10H2,1H3/t11-,12?/m0/s1. The fourth-order valence-electron chi connectivity index (χ4n) is 2.05. The molecule has 0 radical (unpaired) electrons. The molecule has 88 valence electrons. The molecule has 0 bridgehead atoms. The van der Waals surface area contributed by atoms with Crippen LogP contribution in [0.2, 0.25) is 0 Å². The van der Waals surface area contributed by atoms with E-state index in [1.807, 2.05) is 18.3 Å². The molecule has 2 heterocycles. The van der Waals surface area contributed by atoms with E-state index in [1.54, 1.807) is 0 Å². The Morgan fingerprint density at radius 1 is 1.56 bits per heavy atom. The second-order valence-electron chi connectivity index (χ2n) is 4.47. The van der Waals surface area contributed by atoms with Gasteiger partial charge in [0.25, 0.3) is 0 Å². The van der Waals surface area contributed by atoms with Crippen LogP contribution >= 0.6 is 0 Å². The van der Waals surface area contributed by atoms with Gasteiger partial charge < -0.3 is 10.1 Å². The van der Waals surface area contributed by atoms with Gasteiger partial charge in [0, 0.05) is 25.4 Å². The number of aromatic nitrogens is 1. The van der Waals surface area contributed by atoms with Gasteiger partial charge in [0.1, 0.15) is 0 Å². The Morgan fingerprint density at radius 3 is 3.19 bits per heavy atom. The maximum Gasteiger partial charge on any atom is 0.0570 e. The van der Waals surface area contributed by atoms with Gasteiger partial charge in [-0.15, -0.1) is 0 Å². The smallest absolute Gasteiger partial charge is 0.0570 e. The Morgan fingerprint density at radius 2 is 2.50 bits per heavy atom. The van der Waals surface area contributed by atoms with Crippen LogP contribution in [0.15, 0.2) is 24.4 Å². The van der Waals surface area contributed by atoms with Crippen molar-refractivity contribution in [3.8, 4) is 0 Å². The highest BCUT2D eigenvalue weighted by Gasteiger charge is 2.15. The lowest BCUT2D eigenvalue weighted by atomic mass is 10.0. The zero-order valence-corrected chi connectivity index (χ0v) is 9.86. The van der Waals surface area contributed by atoms with Crippen molar-refractivity contribution >= 4 is 0 Å². The van der Waals surface area contributed by atoms with E-state index < -0.39 is 0 Å². The quantitative estimate of drug-likeness (QED) is 0.844. The molecule has 3 nitrogen and oxygen atoms in total. The van der Waals surface area contributed by atoms with Crippen LogP contribution < -0.4 is 5.32 Å². The topological polar surface area (TPSA) is 34.1 Å². The van der Waals surface area contributed by atoms with Crippen LogP contribution in [0.5, 0.6) is 0 Å². The van der Waals surface area contributed by atoms with E-state index in [1.165, 1.54) is 12.8 Å². The summed E-state index contributed by atoms with van der Waals surface area (Å²) < 4.78 is 5.46. The predicted octanol–water partition coefficient (Wildman–Crippen LogP) is 2.16. The normalized spacial score (nSPS) is 22.9. The van der Waals surface area contributed by atoms with Crippen molar-refractivity contribution < 1.29 is 4.74 Å². The predicted molar refractivity (Wildman–Crippen MR) is 64.2 cm³/mol. The summed E-state index contributed by atoms with van der Waals surface area (Å²) in [5.74, 6) is 0.667. The molecule has 2 atom stereocenters. The molecular formula is C13H20N2O. The van der Waals surface area contributed by atoms with Crippen molar-refractivity contribution in [3.63, 3.8) is 0 Å². The van der Waals surface area contributed by atoms with Gasteiger partial charge in [-0.3, -0.25) is 4.98 Å². The second-order valence-corrected chi connectivity index (χ2v) is 4.47. The Bertz CT molecular complexity index is 296. The van der Waals surface area contributed by atoms with Crippen molar-refractivity contribution in [2.45, 2.75) is 25.8 Å². The minimum atomic E-state index is 0.322. The molecule has 0 aromatic carbocycles. The molecule has 1 N–H and O–H groups in total. The molecule has 0 spiro atoms. The molecule has 3 heteroatoms. The number of nitrogens with zero attached hydrogens (tertiary/aromatic N) is 1. The molecule has 1 fully saturated rings. The molecule has 16 heavy (non-hydrogen) atoms. The summed E-state index contributed by atoms with van der Waals surface area (Å²) in [5.41, 5.74) is 1.11. The molecule has 1 aliphatic rings. The zero-order valence-electron chi connectivity index (χ0n) is 9.86. The molecule has 0 saturated carbocycles. The first kappa shape index (κ1) is 11.6. The highest BCUT2D eigenvalue weighted by atomic mass is 16.5. The SMILES string of the molecule is C[C@H](NCC1CCCOC1)c1ccccn1. The molecule has 1 aromatic heterocycles. The zero-order chi connectivity index (χ0) is 11.2. The summed E-state index contributed by atoms with van der Waals surface area (Å²) in [5, 5.41) is 3.53. The number of hydrogen-bond acceptors (Lipinski definition) is 3. The van der Waals surface area contributed by atoms with Crippen LogP contribution in [0.25, 0.3) is 0 Å². The highest BCUT2D eigenvalue weighted by molar-refractivity contribution is 5.07. The summed E-state index contributed by atoms with van der Waals surface area (Å²) in [6, 6.07) is 6.37. The molecule has 1 saturated heterocycles. The lowest BCUT2D eigenvalue weighted by Gasteiger charge is -2.24. The molecule has 0 amide bonds. The van der Waals surface area contributed by atoms with Gasteiger partial charge >= 0.3 is 0 Å². The van der Waals surface area contributed by atoms with Crippen molar-refractivity contribution in [1.29, 1.82) is 0 Å². The Labute approximate surface area is 97.2 Å². The third-order valence-electron chi connectivity index (χ3n) is 3.10. The van der Waals surface area contributed by atoms with E-state index in [0.717, 1.165) is 25.5 Å². The number of ether oxygens (including phenoxy) is 1. The van der Waals surface area contributed by atoms with Gasteiger partial charge in [-0.25, -0.2) is 0 Å². The lowest BCUT2D eigenvalue weighted by Crippen LogP contribution is -2.31. The largest absolute Gasteiger partial charge is 0.381 e. The third-order valence-corrected chi connectivity index (χ3v) is 3.10. The molecule has 1 aromatic rings. The first-order valence-electron chi connectivity index (χ1n) is 6.08. The van der Waals surface area contributed by atoms with Crippen LogP contribution in [-0.2, 0) is 4.74 Å². The van der Waals surface area contributed by atoms with Gasteiger partial charge in [-0.1, -0.05) is 6.07 Å². The van der Waals surface area contributed by atoms with Gasteiger partial charge in [0.2, 0.25) is 0 Å². The average molecular weight is 220 g/mol. The van der Waals surface area contributed by atoms with Crippen LogP contribution in [0.1, 0.15) is 31.5 Å². The number of nitrogens with one attached hydrogen (secondary N) is 1. The maximum atomic E-state index is 5.46. The van der Waals surface area contributed by atoms with Crippen molar-refractivity contribution in [2.24, 2.45) is 5.92 Å². The minimum absolute atomic E-state index is 0.322. The van der Waals surface area contributed by atoms with Crippen molar-refractivity contribution in [2.75, 3.05) is 19.8 Å². The van der Waals surface area contributed by atoms with Crippen molar-refractivity contribution in [1.82, 2.24) is 10.3 Å². The van der Waals surface area contributed by atoms with Gasteiger partial charge in [0.15, 0.2) is 0 Å². The summed E-state index contributed by atoms with van der Waals surface area (Å²) in [6.07, 6.45) is 4.32. The van der Waals surface area contributed by atoms with E-state index in [2.05, 4.69) is 23.3 Å². The van der Waals surface area contributed by atoms with E-state index in [4.69, 9.17) is 4.74 Å². The Hall–Kier alpha value is -0.930.